The van der Waals surface area contributed by atoms with Gasteiger partial charge in [-0.1, -0.05) is 26.1 Å². The molecule has 18 heavy (non-hydrogen) atoms. The number of hydrogen-bond donors (Lipinski definition) is 2. The summed E-state index contributed by atoms with van der Waals surface area (Å²) in [4.78, 5) is 0.418. The molecule has 1 saturated carbocycles. The quantitative estimate of drug-likeness (QED) is 0.824. The number of thiocarbonyl (C=S) groups is 1. The molecule has 1 aromatic heterocycles. The molecule has 2 rings (SSSR count). The SMILES string of the molecule is Cc1nn(C)c(NC2CCC(C)C2C)c1C(N)=S. The fourth-order valence-electron chi connectivity index (χ4n) is 2.86. The van der Waals surface area contributed by atoms with E-state index in [-0.39, 0.29) is 0 Å². The number of anilines is 1. The van der Waals surface area contributed by atoms with E-state index in [1.807, 2.05) is 18.7 Å². The first kappa shape index (κ1) is 13.3. The van der Waals surface area contributed by atoms with Gasteiger partial charge in [-0.25, -0.2) is 0 Å². The van der Waals surface area contributed by atoms with Crippen LogP contribution in [0.15, 0.2) is 0 Å². The lowest BCUT2D eigenvalue weighted by Gasteiger charge is -2.21. The predicted molar refractivity (Wildman–Crippen MR) is 78.8 cm³/mol. The van der Waals surface area contributed by atoms with Crippen LogP contribution in [-0.4, -0.2) is 20.8 Å². The molecule has 1 aromatic rings. The second-order valence-corrected chi connectivity index (χ2v) is 5.90. The van der Waals surface area contributed by atoms with Crippen LogP contribution >= 0.6 is 12.2 Å². The Hall–Kier alpha value is -1.10. The van der Waals surface area contributed by atoms with E-state index in [0.29, 0.717) is 16.9 Å². The molecule has 3 unspecified atom stereocenters. The summed E-state index contributed by atoms with van der Waals surface area (Å²) in [7, 11) is 1.93. The average molecular weight is 266 g/mol. The standard InChI is InChI=1S/C13H22N4S/c1-7-5-6-10(8(7)2)15-13-11(12(14)18)9(3)16-17(13)4/h7-8,10,15H,5-6H2,1-4H3,(H2,14,18). The summed E-state index contributed by atoms with van der Waals surface area (Å²) >= 11 is 5.13. The smallest absolute Gasteiger partial charge is 0.134 e. The summed E-state index contributed by atoms with van der Waals surface area (Å²) < 4.78 is 1.85. The van der Waals surface area contributed by atoms with E-state index >= 15 is 0 Å². The van der Waals surface area contributed by atoms with Crippen molar-refractivity contribution in [2.24, 2.45) is 24.6 Å². The van der Waals surface area contributed by atoms with E-state index in [4.69, 9.17) is 18.0 Å². The summed E-state index contributed by atoms with van der Waals surface area (Å²) in [5.74, 6) is 2.40. The Morgan fingerprint density at radius 3 is 2.61 bits per heavy atom. The van der Waals surface area contributed by atoms with Crippen molar-refractivity contribution in [1.82, 2.24) is 9.78 Å². The zero-order valence-corrected chi connectivity index (χ0v) is 12.3. The summed E-state index contributed by atoms with van der Waals surface area (Å²) in [5.41, 5.74) is 7.59. The van der Waals surface area contributed by atoms with Crippen molar-refractivity contribution in [3.8, 4) is 0 Å². The lowest BCUT2D eigenvalue weighted by molar-refractivity contribution is 0.434. The Balaban J connectivity index is 2.26. The Morgan fingerprint density at radius 1 is 1.44 bits per heavy atom. The number of rotatable bonds is 3. The second-order valence-electron chi connectivity index (χ2n) is 5.46. The van der Waals surface area contributed by atoms with Gasteiger partial charge in [0, 0.05) is 13.1 Å². The van der Waals surface area contributed by atoms with Crippen molar-refractivity contribution < 1.29 is 0 Å². The van der Waals surface area contributed by atoms with E-state index in [0.717, 1.165) is 23.0 Å². The van der Waals surface area contributed by atoms with Crippen molar-refractivity contribution in [2.75, 3.05) is 5.32 Å². The third kappa shape index (κ3) is 2.23. The highest BCUT2D eigenvalue weighted by atomic mass is 32.1. The summed E-state index contributed by atoms with van der Waals surface area (Å²) in [6.45, 7) is 6.56. The fourth-order valence-corrected chi connectivity index (χ4v) is 3.11. The number of aromatic nitrogens is 2. The molecule has 0 spiro atoms. The van der Waals surface area contributed by atoms with Gasteiger partial charge in [-0.2, -0.15) is 5.10 Å². The molecule has 0 amide bonds. The van der Waals surface area contributed by atoms with Crippen LogP contribution in [0.25, 0.3) is 0 Å². The molecule has 0 radical (unpaired) electrons. The van der Waals surface area contributed by atoms with E-state index < -0.39 is 0 Å². The van der Waals surface area contributed by atoms with Gasteiger partial charge in [-0.05, 0) is 31.6 Å². The molecule has 100 valence electrons. The van der Waals surface area contributed by atoms with Crippen LogP contribution in [0.1, 0.15) is 37.9 Å². The largest absolute Gasteiger partial charge is 0.389 e. The van der Waals surface area contributed by atoms with Gasteiger partial charge in [0.25, 0.3) is 0 Å². The van der Waals surface area contributed by atoms with Crippen molar-refractivity contribution in [3.63, 3.8) is 0 Å². The first-order chi connectivity index (χ1) is 8.41. The zero-order valence-electron chi connectivity index (χ0n) is 11.5. The number of nitrogens with zero attached hydrogens (tertiary/aromatic N) is 2. The van der Waals surface area contributed by atoms with E-state index in [1.54, 1.807) is 0 Å². The maximum absolute atomic E-state index is 5.80. The normalized spacial score (nSPS) is 27.4. The number of nitrogens with one attached hydrogen (secondary N) is 1. The van der Waals surface area contributed by atoms with Crippen molar-refractivity contribution in [2.45, 2.75) is 39.7 Å². The molecular formula is C13H22N4S. The average Bonchev–Trinajstić information content (AvgIpc) is 2.73. The highest BCUT2D eigenvalue weighted by Crippen LogP contribution is 2.34. The summed E-state index contributed by atoms with van der Waals surface area (Å²) in [6, 6.07) is 0.489. The lowest BCUT2D eigenvalue weighted by Crippen LogP contribution is -2.27. The molecule has 0 saturated heterocycles. The molecule has 1 aliphatic rings. The van der Waals surface area contributed by atoms with Gasteiger partial charge >= 0.3 is 0 Å². The Bertz CT molecular complexity index is 466. The second kappa shape index (κ2) is 4.88. The highest BCUT2D eigenvalue weighted by molar-refractivity contribution is 7.80. The van der Waals surface area contributed by atoms with Crippen molar-refractivity contribution in [3.05, 3.63) is 11.3 Å². The third-order valence-corrected chi connectivity index (χ3v) is 4.46. The molecule has 5 heteroatoms. The van der Waals surface area contributed by atoms with E-state index in [9.17, 15) is 0 Å². The highest BCUT2D eigenvalue weighted by Gasteiger charge is 2.31. The van der Waals surface area contributed by atoms with Crippen LogP contribution in [-0.2, 0) is 7.05 Å². The van der Waals surface area contributed by atoms with Gasteiger partial charge in [-0.3, -0.25) is 4.68 Å². The first-order valence-electron chi connectivity index (χ1n) is 6.51. The number of aryl methyl sites for hydroxylation is 2. The minimum absolute atomic E-state index is 0.418. The molecule has 0 aromatic carbocycles. The minimum atomic E-state index is 0.418. The fraction of sp³-hybridized carbons (Fsp3) is 0.692. The molecule has 1 fully saturated rings. The molecule has 0 aliphatic heterocycles. The van der Waals surface area contributed by atoms with Gasteiger partial charge < -0.3 is 11.1 Å². The van der Waals surface area contributed by atoms with Crippen LogP contribution in [0, 0.1) is 18.8 Å². The predicted octanol–water partition coefficient (Wildman–Crippen LogP) is 2.21. The molecule has 3 atom stereocenters. The third-order valence-electron chi connectivity index (χ3n) is 4.26. The van der Waals surface area contributed by atoms with E-state index in [2.05, 4.69) is 24.3 Å². The Labute approximate surface area is 114 Å². The van der Waals surface area contributed by atoms with Crippen LogP contribution in [0.3, 0.4) is 0 Å². The number of nitrogens with two attached hydrogens (primary N) is 1. The van der Waals surface area contributed by atoms with Crippen molar-refractivity contribution in [1.29, 1.82) is 0 Å². The molecule has 4 nitrogen and oxygen atoms in total. The molecule has 1 heterocycles. The summed E-state index contributed by atoms with van der Waals surface area (Å²) in [5, 5.41) is 8.00. The van der Waals surface area contributed by atoms with Crippen LogP contribution < -0.4 is 11.1 Å². The zero-order chi connectivity index (χ0) is 13.4. The maximum atomic E-state index is 5.80. The first-order valence-corrected chi connectivity index (χ1v) is 6.92. The maximum Gasteiger partial charge on any atom is 0.134 e. The summed E-state index contributed by atoms with van der Waals surface area (Å²) in [6.07, 6.45) is 2.47. The van der Waals surface area contributed by atoms with Gasteiger partial charge in [0.2, 0.25) is 0 Å². The molecule has 1 aliphatic carbocycles. The number of hydrogen-bond acceptors (Lipinski definition) is 3. The van der Waals surface area contributed by atoms with Crippen LogP contribution in [0.2, 0.25) is 0 Å². The van der Waals surface area contributed by atoms with Gasteiger partial charge in [-0.15, -0.1) is 0 Å². The topological polar surface area (TPSA) is 55.9 Å². The van der Waals surface area contributed by atoms with Crippen LogP contribution in [0.5, 0.6) is 0 Å². The lowest BCUT2D eigenvalue weighted by atomic mass is 9.98. The van der Waals surface area contributed by atoms with Gasteiger partial charge in [0.05, 0.1) is 11.3 Å². The van der Waals surface area contributed by atoms with Crippen LogP contribution in [0.4, 0.5) is 5.82 Å². The van der Waals surface area contributed by atoms with E-state index in [1.165, 1.54) is 12.8 Å². The minimum Gasteiger partial charge on any atom is -0.389 e. The van der Waals surface area contributed by atoms with Crippen molar-refractivity contribution >= 4 is 23.0 Å². The Kier molecular flexibility index (Phi) is 3.61. The van der Waals surface area contributed by atoms with Gasteiger partial charge in [0.15, 0.2) is 0 Å². The van der Waals surface area contributed by atoms with Gasteiger partial charge in [0.1, 0.15) is 10.8 Å². The monoisotopic (exact) mass is 266 g/mol. The molecular weight excluding hydrogens is 244 g/mol. The Morgan fingerprint density at radius 2 is 2.11 bits per heavy atom. The molecule has 0 bridgehead atoms. The molecule has 3 N–H and O–H groups in total.